The Labute approximate surface area is 133 Å². The van der Waals surface area contributed by atoms with Gasteiger partial charge in [0.25, 0.3) is 5.41 Å². The Morgan fingerprint density at radius 2 is 1.14 bits per heavy atom. The molecule has 0 saturated heterocycles. The third-order valence-corrected chi connectivity index (χ3v) is 11.4. The summed E-state index contributed by atoms with van der Waals surface area (Å²) >= 11 is 0. The molecule has 0 heterocycles. The van der Waals surface area contributed by atoms with E-state index < -0.39 is 46.2 Å². The van der Waals surface area contributed by atoms with Crippen molar-refractivity contribution in [3.05, 3.63) is 0 Å². The SMILES string of the molecule is C[Si](C)(C)N(CCCC(C(=O)O)(C(=O)O)C(=O)O)[Si](C)(C)C. The molecular weight excluding hydrogens is 322 g/mol. The van der Waals surface area contributed by atoms with Crippen molar-refractivity contribution in [1.82, 2.24) is 4.23 Å². The fourth-order valence-electron chi connectivity index (χ4n) is 2.77. The molecule has 0 aliphatic heterocycles. The highest BCUT2D eigenvalue weighted by molar-refractivity contribution is 6.89. The minimum Gasteiger partial charge on any atom is -0.480 e. The van der Waals surface area contributed by atoms with E-state index in [-0.39, 0.29) is 6.42 Å². The normalized spacial score (nSPS) is 13.2. The summed E-state index contributed by atoms with van der Waals surface area (Å²) in [5, 5.41) is 27.3. The van der Waals surface area contributed by atoms with Crippen LogP contribution < -0.4 is 0 Å². The van der Waals surface area contributed by atoms with Gasteiger partial charge >= 0.3 is 17.9 Å². The minimum absolute atomic E-state index is 0.222. The van der Waals surface area contributed by atoms with Crippen LogP contribution in [0.4, 0.5) is 0 Å². The van der Waals surface area contributed by atoms with Gasteiger partial charge in [-0.1, -0.05) is 39.3 Å². The molecule has 9 heteroatoms. The van der Waals surface area contributed by atoms with Crippen LogP contribution in [0.1, 0.15) is 12.8 Å². The first kappa shape index (κ1) is 20.8. The van der Waals surface area contributed by atoms with E-state index in [0.717, 1.165) is 0 Å². The Bertz CT molecular complexity index is 402. The second-order valence-corrected chi connectivity index (χ2v) is 17.6. The van der Waals surface area contributed by atoms with Gasteiger partial charge in [0, 0.05) is 0 Å². The smallest absolute Gasteiger partial charge is 0.332 e. The first-order valence-electron chi connectivity index (χ1n) is 7.15. The average Bonchev–Trinajstić information content (AvgIpc) is 2.23. The molecule has 0 atom stereocenters. The third kappa shape index (κ3) is 4.65. The molecule has 0 aliphatic rings. The summed E-state index contributed by atoms with van der Waals surface area (Å²) in [6.45, 7) is 13.6. The standard InChI is InChI=1S/C13H27NO6Si2/c1-21(2,3)14(22(4,5)6)9-7-8-13(10(15)16,11(17)18)12(19)20/h7-9H2,1-6H3,(H,15,16)(H,17,18)(H,19,20). The number of carboxylic acids is 3. The van der Waals surface area contributed by atoms with Crippen molar-refractivity contribution in [3.63, 3.8) is 0 Å². The van der Waals surface area contributed by atoms with Gasteiger partial charge < -0.3 is 19.6 Å². The molecule has 0 aromatic carbocycles. The Balaban J connectivity index is 5.22. The fourth-order valence-corrected chi connectivity index (χ4v) is 12.5. The highest BCUT2D eigenvalue weighted by Gasteiger charge is 2.54. The molecule has 0 spiro atoms. The second kappa shape index (κ2) is 6.92. The largest absolute Gasteiger partial charge is 0.480 e. The lowest BCUT2D eigenvalue weighted by Crippen LogP contribution is -2.59. The molecule has 0 amide bonds. The van der Waals surface area contributed by atoms with Gasteiger partial charge in [-0.25, -0.2) is 0 Å². The number of carbonyl (C=O) groups is 3. The van der Waals surface area contributed by atoms with Crippen molar-refractivity contribution < 1.29 is 29.7 Å². The maximum atomic E-state index is 11.2. The van der Waals surface area contributed by atoms with Gasteiger partial charge in [0.1, 0.15) is 16.5 Å². The van der Waals surface area contributed by atoms with Gasteiger partial charge in [0.15, 0.2) is 0 Å². The lowest BCUT2D eigenvalue weighted by atomic mass is 9.83. The predicted octanol–water partition coefficient (Wildman–Crippen LogP) is 1.98. The predicted molar refractivity (Wildman–Crippen MR) is 88.0 cm³/mol. The van der Waals surface area contributed by atoms with Crippen molar-refractivity contribution in [2.24, 2.45) is 5.41 Å². The zero-order chi connectivity index (χ0) is 17.9. The van der Waals surface area contributed by atoms with Gasteiger partial charge in [-0.15, -0.1) is 0 Å². The summed E-state index contributed by atoms with van der Waals surface area (Å²) in [5.74, 6) is -5.46. The van der Waals surface area contributed by atoms with E-state index in [0.29, 0.717) is 6.54 Å². The van der Waals surface area contributed by atoms with Crippen LogP contribution in [0.25, 0.3) is 0 Å². The summed E-state index contributed by atoms with van der Waals surface area (Å²) in [4.78, 5) is 33.6. The maximum Gasteiger partial charge on any atom is 0.332 e. The zero-order valence-electron chi connectivity index (χ0n) is 14.1. The van der Waals surface area contributed by atoms with Crippen LogP contribution in [0.15, 0.2) is 0 Å². The van der Waals surface area contributed by atoms with Crippen LogP contribution in [0.2, 0.25) is 39.3 Å². The molecule has 0 saturated carbocycles. The summed E-state index contributed by atoms with van der Waals surface area (Å²) in [7, 11) is -3.29. The first-order chi connectivity index (χ1) is 9.67. The highest BCUT2D eigenvalue weighted by atomic mass is 28.4. The molecule has 22 heavy (non-hydrogen) atoms. The molecule has 128 valence electrons. The van der Waals surface area contributed by atoms with E-state index in [1.54, 1.807) is 0 Å². The van der Waals surface area contributed by atoms with Crippen LogP contribution >= 0.6 is 0 Å². The molecule has 0 aromatic rings. The number of rotatable bonds is 9. The average molecular weight is 350 g/mol. The lowest BCUT2D eigenvalue weighted by molar-refractivity contribution is -0.176. The van der Waals surface area contributed by atoms with Crippen LogP contribution in [-0.4, -0.2) is 60.5 Å². The molecule has 0 bridgehead atoms. The van der Waals surface area contributed by atoms with Gasteiger partial charge in [-0.05, 0) is 19.4 Å². The highest BCUT2D eigenvalue weighted by Crippen LogP contribution is 2.28. The second-order valence-electron chi connectivity index (χ2n) is 7.42. The van der Waals surface area contributed by atoms with Crippen molar-refractivity contribution in [2.75, 3.05) is 6.54 Å². The summed E-state index contributed by atoms with van der Waals surface area (Å²) < 4.78 is 2.37. The summed E-state index contributed by atoms with van der Waals surface area (Å²) in [6, 6.07) is 0. The third-order valence-electron chi connectivity index (χ3n) is 3.65. The van der Waals surface area contributed by atoms with Crippen LogP contribution in [0, 0.1) is 5.41 Å². The van der Waals surface area contributed by atoms with E-state index in [2.05, 4.69) is 43.5 Å². The quantitative estimate of drug-likeness (QED) is 0.430. The lowest BCUT2D eigenvalue weighted by Gasteiger charge is -2.44. The minimum atomic E-state index is -2.76. The molecule has 3 N–H and O–H groups in total. The first-order valence-corrected chi connectivity index (χ1v) is 14.0. The van der Waals surface area contributed by atoms with Crippen LogP contribution in [0.3, 0.4) is 0 Å². The number of carboxylic acid groups (broad SMARTS) is 3. The van der Waals surface area contributed by atoms with Crippen molar-refractivity contribution in [3.8, 4) is 0 Å². The number of hydrogen-bond acceptors (Lipinski definition) is 4. The Morgan fingerprint density at radius 3 is 1.36 bits per heavy atom. The van der Waals surface area contributed by atoms with Gasteiger partial charge in [-0.3, -0.25) is 14.4 Å². The van der Waals surface area contributed by atoms with Crippen molar-refractivity contribution in [2.45, 2.75) is 52.1 Å². The molecule has 0 radical (unpaired) electrons. The Kier molecular flexibility index (Phi) is 6.55. The molecule has 0 fully saturated rings. The van der Waals surface area contributed by atoms with E-state index >= 15 is 0 Å². The molecule has 0 rings (SSSR count). The fraction of sp³-hybridized carbons (Fsp3) is 0.769. The van der Waals surface area contributed by atoms with E-state index in [1.807, 2.05) is 0 Å². The van der Waals surface area contributed by atoms with Crippen molar-refractivity contribution in [1.29, 1.82) is 0 Å². The zero-order valence-corrected chi connectivity index (χ0v) is 16.1. The van der Waals surface area contributed by atoms with Gasteiger partial charge in [0.2, 0.25) is 0 Å². The molecule has 7 nitrogen and oxygen atoms in total. The van der Waals surface area contributed by atoms with E-state index in [9.17, 15) is 14.4 Å². The Hall–Kier alpha value is -1.20. The molecule has 0 aromatic heterocycles. The number of hydrogen-bond donors (Lipinski definition) is 3. The number of aliphatic carboxylic acids is 3. The van der Waals surface area contributed by atoms with E-state index in [1.165, 1.54) is 0 Å². The van der Waals surface area contributed by atoms with Gasteiger partial charge in [-0.2, -0.15) is 0 Å². The topological polar surface area (TPSA) is 115 Å². The Morgan fingerprint density at radius 1 is 0.818 bits per heavy atom. The van der Waals surface area contributed by atoms with Crippen LogP contribution in [-0.2, 0) is 14.4 Å². The van der Waals surface area contributed by atoms with Crippen LogP contribution in [0.5, 0.6) is 0 Å². The molecule has 0 unspecified atom stereocenters. The number of nitrogens with zero attached hydrogens (tertiary/aromatic N) is 1. The molecule has 0 aliphatic carbocycles. The molecular formula is C13H27NO6Si2. The van der Waals surface area contributed by atoms with Crippen molar-refractivity contribution >= 4 is 34.4 Å². The summed E-state index contributed by atoms with van der Waals surface area (Å²) in [5.41, 5.74) is -2.76. The van der Waals surface area contributed by atoms with E-state index in [4.69, 9.17) is 15.3 Å². The maximum absolute atomic E-state index is 11.2. The monoisotopic (exact) mass is 349 g/mol. The van der Waals surface area contributed by atoms with Gasteiger partial charge in [0.05, 0.1) is 0 Å². The summed E-state index contributed by atoms with van der Waals surface area (Å²) in [6.07, 6.45) is -0.197.